The first kappa shape index (κ1) is 10.7. The van der Waals surface area contributed by atoms with E-state index in [2.05, 4.69) is 41.3 Å². The van der Waals surface area contributed by atoms with Gasteiger partial charge >= 0.3 is 0 Å². The zero-order chi connectivity index (χ0) is 10.6. The van der Waals surface area contributed by atoms with Crippen LogP contribution in [-0.4, -0.2) is 25.4 Å². The fraction of sp³-hybridized carbons (Fsp3) is 0.400. The predicted molar refractivity (Wildman–Crippen MR) is 58.8 cm³/mol. The Morgan fingerprint density at radius 2 is 2.07 bits per heavy atom. The summed E-state index contributed by atoms with van der Waals surface area (Å²) in [5, 5.41) is 7.70. The first-order valence-electron chi connectivity index (χ1n) is 4.41. The number of aromatic nitrogens is 2. The molecule has 0 unspecified atom stereocenters. The van der Waals surface area contributed by atoms with E-state index in [1.54, 1.807) is 19.4 Å². The van der Waals surface area contributed by atoms with Crippen LogP contribution in [0.15, 0.2) is 12.3 Å². The number of ether oxygens (including phenoxy) is 1. The molecule has 0 fully saturated rings. The van der Waals surface area contributed by atoms with Crippen molar-refractivity contribution in [1.29, 1.82) is 0 Å². The highest BCUT2D eigenvalue weighted by atomic mass is 28.3. The van der Waals surface area contributed by atoms with Crippen LogP contribution in [0, 0.1) is 11.5 Å². The van der Waals surface area contributed by atoms with Gasteiger partial charge in [0.15, 0.2) is 0 Å². The molecule has 0 saturated heterocycles. The Balaban J connectivity index is 2.90. The van der Waals surface area contributed by atoms with Gasteiger partial charge in [0.05, 0.1) is 13.3 Å². The van der Waals surface area contributed by atoms with Gasteiger partial charge in [0, 0.05) is 6.07 Å². The first-order valence-corrected chi connectivity index (χ1v) is 7.91. The highest BCUT2D eigenvalue weighted by Crippen LogP contribution is 2.07. The van der Waals surface area contributed by atoms with E-state index >= 15 is 0 Å². The van der Waals surface area contributed by atoms with E-state index in [0.717, 1.165) is 0 Å². The lowest BCUT2D eigenvalue weighted by atomic mass is 10.4. The molecule has 0 bridgehead atoms. The van der Waals surface area contributed by atoms with E-state index in [4.69, 9.17) is 4.74 Å². The Labute approximate surface area is 85.5 Å². The average molecular weight is 206 g/mol. The number of methoxy groups -OCH3 is 1. The normalized spacial score (nSPS) is 10.3. The summed E-state index contributed by atoms with van der Waals surface area (Å²) in [5.74, 6) is 3.71. The van der Waals surface area contributed by atoms with Crippen molar-refractivity contribution in [3.8, 4) is 17.2 Å². The summed E-state index contributed by atoms with van der Waals surface area (Å²) in [6.45, 7) is 6.56. The van der Waals surface area contributed by atoms with Crippen LogP contribution in [0.25, 0.3) is 0 Å². The van der Waals surface area contributed by atoms with E-state index < -0.39 is 8.07 Å². The second-order valence-electron chi connectivity index (χ2n) is 3.98. The highest BCUT2D eigenvalue weighted by Gasteiger charge is 2.07. The van der Waals surface area contributed by atoms with Crippen LogP contribution < -0.4 is 4.74 Å². The fourth-order valence-electron chi connectivity index (χ4n) is 0.773. The highest BCUT2D eigenvalue weighted by molar-refractivity contribution is 6.83. The molecule has 0 amide bonds. The molecule has 0 spiro atoms. The third-order valence-electron chi connectivity index (χ3n) is 1.43. The summed E-state index contributed by atoms with van der Waals surface area (Å²) in [7, 11) is 0.267. The number of hydrogen-bond acceptors (Lipinski definition) is 3. The molecule has 4 heteroatoms. The van der Waals surface area contributed by atoms with Gasteiger partial charge in [0.2, 0.25) is 0 Å². The van der Waals surface area contributed by atoms with Crippen molar-refractivity contribution in [2.75, 3.05) is 7.11 Å². The maximum absolute atomic E-state index is 5.03. The van der Waals surface area contributed by atoms with Crippen LogP contribution >= 0.6 is 0 Å². The van der Waals surface area contributed by atoms with Crippen LogP contribution in [0.5, 0.6) is 5.75 Å². The average Bonchev–Trinajstić information content (AvgIpc) is 2.14. The van der Waals surface area contributed by atoms with Crippen molar-refractivity contribution in [3.05, 3.63) is 18.0 Å². The molecule has 1 aromatic heterocycles. The van der Waals surface area contributed by atoms with E-state index in [1.807, 2.05) is 0 Å². The molecule has 0 atom stereocenters. The molecule has 0 aromatic carbocycles. The smallest absolute Gasteiger partial charge is 0.141 e. The molecule has 0 N–H and O–H groups in total. The molecule has 14 heavy (non-hydrogen) atoms. The zero-order valence-corrected chi connectivity index (χ0v) is 9.96. The maximum Gasteiger partial charge on any atom is 0.141 e. The van der Waals surface area contributed by atoms with Crippen molar-refractivity contribution < 1.29 is 4.74 Å². The maximum atomic E-state index is 5.03. The minimum atomic E-state index is -1.34. The lowest BCUT2D eigenvalue weighted by Gasteiger charge is -2.03. The van der Waals surface area contributed by atoms with Crippen LogP contribution in [0.4, 0.5) is 0 Å². The van der Waals surface area contributed by atoms with Gasteiger partial charge in [-0.2, -0.15) is 5.10 Å². The monoisotopic (exact) mass is 206 g/mol. The zero-order valence-electron chi connectivity index (χ0n) is 8.96. The summed E-state index contributed by atoms with van der Waals surface area (Å²) in [5.41, 5.74) is 3.89. The van der Waals surface area contributed by atoms with Crippen molar-refractivity contribution in [3.63, 3.8) is 0 Å². The molecular weight excluding hydrogens is 192 g/mol. The lowest BCUT2D eigenvalue weighted by Crippen LogP contribution is -2.16. The van der Waals surface area contributed by atoms with Crippen LogP contribution in [0.1, 0.15) is 5.69 Å². The Bertz CT molecular complexity index is 374. The third kappa shape index (κ3) is 3.58. The summed E-state index contributed by atoms with van der Waals surface area (Å²) >= 11 is 0. The Morgan fingerprint density at radius 1 is 1.36 bits per heavy atom. The molecule has 1 heterocycles. The number of nitrogens with zero attached hydrogens (tertiary/aromatic N) is 2. The Morgan fingerprint density at radius 3 is 2.64 bits per heavy atom. The molecule has 3 nitrogen and oxygen atoms in total. The lowest BCUT2D eigenvalue weighted by molar-refractivity contribution is 0.411. The van der Waals surface area contributed by atoms with Gasteiger partial charge in [-0.05, 0) is 0 Å². The van der Waals surface area contributed by atoms with E-state index in [-0.39, 0.29) is 0 Å². The van der Waals surface area contributed by atoms with Gasteiger partial charge in [-0.15, -0.1) is 10.6 Å². The minimum Gasteiger partial charge on any atom is -0.495 e. The van der Waals surface area contributed by atoms with Gasteiger partial charge in [-0.3, -0.25) is 0 Å². The molecule has 0 saturated carbocycles. The van der Waals surface area contributed by atoms with Crippen molar-refractivity contribution in [1.82, 2.24) is 10.2 Å². The third-order valence-corrected chi connectivity index (χ3v) is 2.31. The van der Waals surface area contributed by atoms with Crippen molar-refractivity contribution >= 4 is 8.07 Å². The number of rotatable bonds is 1. The first-order chi connectivity index (χ1) is 6.51. The second-order valence-corrected chi connectivity index (χ2v) is 8.73. The SMILES string of the molecule is COc1cnnc(C#C[Si](C)(C)C)c1. The van der Waals surface area contributed by atoms with Gasteiger partial charge < -0.3 is 4.74 Å². The molecule has 0 radical (unpaired) electrons. The minimum absolute atomic E-state index is 0.673. The van der Waals surface area contributed by atoms with Gasteiger partial charge in [-0.1, -0.05) is 25.6 Å². The molecule has 0 aliphatic heterocycles. The van der Waals surface area contributed by atoms with Crippen molar-refractivity contribution in [2.24, 2.45) is 0 Å². The summed E-state index contributed by atoms with van der Waals surface area (Å²) in [4.78, 5) is 0. The molecule has 0 aliphatic carbocycles. The number of hydrogen-bond donors (Lipinski definition) is 0. The molecule has 1 aromatic rings. The fourth-order valence-corrected chi connectivity index (χ4v) is 1.28. The van der Waals surface area contributed by atoms with Crippen LogP contribution in [-0.2, 0) is 0 Å². The molecular formula is C10H14N2OSi. The second kappa shape index (κ2) is 4.25. The van der Waals surface area contributed by atoms with E-state index in [0.29, 0.717) is 11.4 Å². The molecule has 0 aliphatic rings. The Kier molecular flexibility index (Phi) is 3.26. The van der Waals surface area contributed by atoms with Crippen molar-refractivity contribution in [2.45, 2.75) is 19.6 Å². The topological polar surface area (TPSA) is 35.0 Å². The standard InChI is InChI=1S/C10H14N2OSi/c1-13-10-7-9(12-11-8-10)5-6-14(2,3)4/h7-8H,1-4H3. The van der Waals surface area contributed by atoms with Gasteiger partial charge in [-0.25, -0.2) is 0 Å². The van der Waals surface area contributed by atoms with Gasteiger partial charge in [0.25, 0.3) is 0 Å². The van der Waals surface area contributed by atoms with E-state index in [9.17, 15) is 0 Å². The predicted octanol–water partition coefficient (Wildman–Crippen LogP) is 1.71. The van der Waals surface area contributed by atoms with Crippen LogP contribution in [0.2, 0.25) is 19.6 Å². The van der Waals surface area contributed by atoms with E-state index in [1.165, 1.54) is 0 Å². The van der Waals surface area contributed by atoms with Crippen LogP contribution in [0.3, 0.4) is 0 Å². The largest absolute Gasteiger partial charge is 0.495 e. The molecule has 1 rings (SSSR count). The quantitative estimate of drug-likeness (QED) is 0.518. The van der Waals surface area contributed by atoms with Gasteiger partial charge in [0.1, 0.15) is 19.5 Å². The summed E-state index contributed by atoms with van der Waals surface area (Å²) in [6, 6.07) is 1.79. The summed E-state index contributed by atoms with van der Waals surface area (Å²) < 4.78 is 5.03. The Hall–Kier alpha value is -1.34. The molecule has 74 valence electrons. The summed E-state index contributed by atoms with van der Waals surface area (Å²) in [6.07, 6.45) is 1.57.